The Morgan fingerprint density at radius 2 is 1.84 bits per heavy atom. The highest BCUT2D eigenvalue weighted by molar-refractivity contribution is 9.10. The molecule has 0 saturated carbocycles. The third kappa shape index (κ3) is 3.20. The Balaban J connectivity index is 1.62. The van der Waals surface area contributed by atoms with Crippen LogP contribution in [0.5, 0.6) is 0 Å². The number of nitrogens with zero attached hydrogens (tertiary/aromatic N) is 3. The monoisotopic (exact) mass is 412 g/mol. The molecule has 2 aromatic heterocycles. The smallest absolute Gasteiger partial charge is 0.258 e. The van der Waals surface area contributed by atoms with Crippen molar-refractivity contribution in [1.82, 2.24) is 14.6 Å². The summed E-state index contributed by atoms with van der Waals surface area (Å²) in [7, 11) is 0. The molecule has 5 nitrogen and oxygen atoms in total. The van der Waals surface area contributed by atoms with Crippen molar-refractivity contribution in [2.45, 2.75) is 6.92 Å². The number of hydrogen-bond donors (Lipinski definition) is 1. The highest BCUT2D eigenvalue weighted by atomic mass is 79.9. The summed E-state index contributed by atoms with van der Waals surface area (Å²) in [6.07, 6.45) is 0. The number of benzene rings is 2. The lowest BCUT2D eigenvalue weighted by Crippen LogP contribution is -2.13. The van der Waals surface area contributed by atoms with Crippen LogP contribution in [0.25, 0.3) is 16.2 Å². The molecule has 2 aromatic carbocycles. The topological polar surface area (TPSA) is 59.3 Å². The standard InChI is InChI=1S/C18H13BrN4OS/c1-11-2-4-12(5-3-11)15-10-25-18-21-17(22-23(15)18)20-16(24)13-6-8-14(19)9-7-13/h2-10H,1H3,(H,20,22,24). The van der Waals surface area contributed by atoms with Gasteiger partial charge in [-0.2, -0.15) is 4.98 Å². The summed E-state index contributed by atoms with van der Waals surface area (Å²) in [5.74, 6) is 0.0655. The van der Waals surface area contributed by atoms with Crippen LogP contribution in [0.1, 0.15) is 15.9 Å². The summed E-state index contributed by atoms with van der Waals surface area (Å²) in [6.45, 7) is 2.05. The summed E-state index contributed by atoms with van der Waals surface area (Å²) < 4.78 is 2.68. The van der Waals surface area contributed by atoms with Crippen molar-refractivity contribution >= 4 is 44.1 Å². The Labute approximate surface area is 156 Å². The summed E-state index contributed by atoms with van der Waals surface area (Å²) in [6, 6.07) is 15.4. The number of rotatable bonds is 3. The van der Waals surface area contributed by atoms with Crippen LogP contribution in [-0.4, -0.2) is 20.5 Å². The lowest BCUT2D eigenvalue weighted by Gasteiger charge is -2.01. The van der Waals surface area contributed by atoms with Crippen LogP contribution in [0.15, 0.2) is 58.4 Å². The Hall–Kier alpha value is -2.51. The summed E-state index contributed by atoms with van der Waals surface area (Å²) in [4.78, 5) is 17.4. The fourth-order valence-electron chi connectivity index (χ4n) is 2.43. The molecule has 4 rings (SSSR count). The van der Waals surface area contributed by atoms with Gasteiger partial charge in [0.25, 0.3) is 11.9 Å². The van der Waals surface area contributed by atoms with E-state index in [9.17, 15) is 4.79 Å². The van der Waals surface area contributed by atoms with Crippen molar-refractivity contribution in [2.24, 2.45) is 0 Å². The van der Waals surface area contributed by atoms with Crippen molar-refractivity contribution in [3.8, 4) is 11.3 Å². The summed E-state index contributed by atoms with van der Waals surface area (Å²) >= 11 is 4.85. The minimum atomic E-state index is -0.234. The third-order valence-corrected chi connectivity index (χ3v) is 5.11. The van der Waals surface area contributed by atoms with Crippen molar-refractivity contribution in [3.05, 3.63) is 69.5 Å². The first-order valence-electron chi connectivity index (χ1n) is 7.58. The maximum absolute atomic E-state index is 12.3. The average Bonchev–Trinajstić information content (AvgIpc) is 3.16. The van der Waals surface area contributed by atoms with Gasteiger partial charge in [-0.25, -0.2) is 4.52 Å². The largest absolute Gasteiger partial charge is 0.289 e. The molecule has 0 aliphatic heterocycles. The van der Waals surface area contributed by atoms with Crippen LogP contribution >= 0.6 is 27.3 Å². The van der Waals surface area contributed by atoms with Crippen molar-refractivity contribution in [1.29, 1.82) is 0 Å². The predicted molar refractivity (Wildman–Crippen MR) is 103 cm³/mol. The molecular weight excluding hydrogens is 400 g/mol. The van der Waals surface area contributed by atoms with E-state index in [2.05, 4.69) is 62.5 Å². The van der Waals surface area contributed by atoms with Gasteiger partial charge in [-0.3, -0.25) is 10.1 Å². The van der Waals surface area contributed by atoms with Crippen LogP contribution < -0.4 is 5.32 Å². The van der Waals surface area contributed by atoms with E-state index in [0.29, 0.717) is 11.5 Å². The van der Waals surface area contributed by atoms with Gasteiger partial charge < -0.3 is 0 Å². The number of carbonyl (C=O) groups excluding carboxylic acids is 1. The lowest BCUT2D eigenvalue weighted by atomic mass is 10.1. The van der Waals surface area contributed by atoms with Crippen LogP contribution in [0.3, 0.4) is 0 Å². The molecule has 4 aromatic rings. The molecule has 1 N–H and O–H groups in total. The first kappa shape index (κ1) is 16.0. The molecule has 124 valence electrons. The SMILES string of the molecule is Cc1ccc(-c2csc3nc(NC(=O)c4ccc(Br)cc4)nn23)cc1. The normalized spacial score (nSPS) is 11.0. The average molecular weight is 413 g/mol. The minimum absolute atomic E-state index is 0.234. The summed E-state index contributed by atoms with van der Waals surface area (Å²) in [5.41, 5.74) is 3.78. The molecule has 0 bridgehead atoms. The van der Waals surface area contributed by atoms with Crippen LogP contribution in [-0.2, 0) is 0 Å². The van der Waals surface area contributed by atoms with Gasteiger partial charge >= 0.3 is 0 Å². The van der Waals surface area contributed by atoms with E-state index < -0.39 is 0 Å². The van der Waals surface area contributed by atoms with Crippen molar-refractivity contribution < 1.29 is 4.79 Å². The number of anilines is 1. The van der Waals surface area contributed by atoms with Crippen LogP contribution in [0.2, 0.25) is 0 Å². The molecule has 0 atom stereocenters. The van der Waals surface area contributed by atoms with Gasteiger partial charge in [0, 0.05) is 21.0 Å². The first-order valence-corrected chi connectivity index (χ1v) is 9.26. The zero-order chi connectivity index (χ0) is 17.4. The number of nitrogens with one attached hydrogen (secondary N) is 1. The molecular formula is C18H13BrN4OS. The number of halogens is 1. The zero-order valence-electron chi connectivity index (χ0n) is 13.2. The van der Waals surface area contributed by atoms with Gasteiger partial charge in [-0.15, -0.1) is 16.4 Å². The van der Waals surface area contributed by atoms with Gasteiger partial charge in [0.05, 0.1) is 5.69 Å². The van der Waals surface area contributed by atoms with Gasteiger partial charge in [-0.05, 0) is 31.2 Å². The molecule has 1 amide bonds. The van der Waals surface area contributed by atoms with E-state index in [4.69, 9.17) is 0 Å². The highest BCUT2D eigenvalue weighted by Gasteiger charge is 2.14. The number of aromatic nitrogens is 3. The van der Waals surface area contributed by atoms with E-state index in [0.717, 1.165) is 20.7 Å². The summed E-state index contributed by atoms with van der Waals surface area (Å²) in [5, 5.41) is 9.19. The zero-order valence-corrected chi connectivity index (χ0v) is 15.6. The third-order valence-electron chi connectivity index (χ3n) is 3.76. The molecule has 0 saturated heterocycles. The second-order valence-electron chi connectivity index (χ2n) is 5.58. The van der Waals surface area contributed by atoms with Crippen molar-refractivity contribution in [2.75, 3.05) is 5.32 Å². The number of fused-ring (bicyclic) bond motifs is 1. The Morgan fingerprint density at radius 3 is 2.56 bits per heavy atom. The number of aryl methyl sites for hydroxylation is 1. The fraction of sp³-hybridized carbons (Fsp3) is 0.0556. The van der Waals surface area contributed by atoms with Crippen LogP contribution in [0.4, 0.5) is 5.95 Å². The number of carbonyl (C=O) groups is 1. The quantitative estimate of drug-likeness (QED) is 0.526. The molecule has 0 fully saturated rings. The van der Waals surface area contributed by atoms with Gasteiger partial charge in [-0.1, -0.05) is 45.8 Å². The minimum Gasteiger partial charge on any atom is -0.289 e. The van der Waals surface area contributed by atoms with E-state index in [1.807, 2.05) is 17.5 Å². The molecule has 0 radical (unpaired) electrons. The Morgan fingerprint density at radius 1 is 1.12 bits per heavy atom. The maximum Gasteiger partial charge on any atom is 0.258 e. The first-order chi connectivity index (χ1) is 12.1. The number of amides is 1. The molecule has 25 heavy (non-hydrogen) atoms. The Bertz CT molecular complexity index is 1050. The van der Waals surface area contributed by atoms with Gasteiger partial charge in [0.15, 0.2) is 0 Å². The molecule has 7 heteroatoms. The molecule has 0 unspecified atom stereocenters. The number of thiazole rings is 1. The second-order valence-corrected chi connectivity index (χ2v) is 7.33. The molecule has 0 spiro atoms. The molecule has 0 aliphatic rings. The van der Waals surface area contributed by atoms with Crippen LogP contribution in [0, 0.1) is 6.92 Å². The second kappa shape index (κ2) is 6.42. The maximum atomic E-state index is 12.3. The van der Waals surface area contributed by atoms with E-state index in [1.54, 1.807) is 16.6 Å². The van der Waals surface area contributed by atoms with E-state index >= 15 is 0 Å². The fourth-order valence-corrected chi connectivity index (χ4v) is 3.53. The van der Waals surface area contributed by atoms with Gasteiger partial charge in [0.1, 0.15) is 0 Å². The Kier molecular flexibility index (Phi) is 4.10. The lowest BCUT2D eigenvalue weighted by molar-refractivity contribution is 0.102. The van der Waals surface area contributed by atoms with Crippen molar-refractivity contribution in [3.63, 3.8) is 0 Å². The molecule has 2 heterocycles. The van der Waals surface area contributed by atoms with Gasteiger partial charge in [0.2, 0.25) is 4.96 Å². The number of hydrogen-bond acceptors (Lipinski definition) is 4. The van der Waals surface area contributed by atoms with E-state index in [-0.39, 0.29) is 5.91 Å². The predicted octanol–water partition coefficient (Wildman–Crippen LogP) is 4.78. The highest BCUT2D eigenvalue weighted by Crippen LogP contribution is 2.26. The molecule has 0 aliphatic carbocycles. The van der Waals surface area contributed by atoms with E-state index in [1.165, 1.54) is 16.9 Å².